The molecule has 0 amide bonds. The molecule has 0 fully saturated rings. The standard InChI is InChI=1S/C15H18BrN3O/c1-10-15(16)13(19(2)18-10)9-17-12-7-8-20-14-6-4-3-5-11(12)14/h3-6,12,17H,7-9H2,1-2H3. The van der Waals surface area contributed by atoms with E-state index in [1.165, 1.54) is 11.3 Å². The third kappa shape index (κ3) is 2.47. The molecule has 0 saturated heterocycles. The van der Waals surface area contributed by atoms with Crippen molar-refractivity contribution >= 4 is 15.9 Å². The minimum absolute atomic E-state index is 0.335. The molecule has 5 heteroatoms. The molecule has 1 aromatic carbocycles. The highest BCUT2D eigenvalue weighted by atomic mass is 79.9. The summed E-state index contributed by atoms with van der Waals surface area (Å²) in [6, 6.07) is 8.58. The number of benzene rings is 1. The van der Waals surface area contributed by atoms with Crippen molar-refractivity contribution in [1.82, 2.24) is 15.1 Å². The molecule has 0 radical (unpaired) electrons. The summed E-state index contributed by atoms with van der Waals surface area (Å²) >= 11 is 3.61. The summed E-state index contributed by atoms with van der Waals surface area (Å²) in [4.78, 5) is 0. The van der Waals surface area contributed by atoms with E-state index in [4.69, 9.17) is 4.74 Å². The highest BCUT2D eigenvalue weighted by Crippen LogP contribution is 2.32. The van der Waals surface area contributed by atoms with Gasteiger partial charge in [-0.05, 0) is 28.9 Å². The Bertz CT molecular complexity index is 624. The third-order valence-electron chi connectivity index (χ3n) is 3.74. The number of aromatic nitrogens is 2. The van der Waals surface area contributed by atoms with Gasteiger partial charge in [-0.15, -0.1) is 0 Å². The number of hydrogen-bond donors (Lipinski definition) is 1. The summed E-state index contributed by atoms with van der Waals surface area (Å²) < 4.78 is 8.71. The van der Waals surface area contributed by atoms with E-state index < -0.39 is 0 Å². The van der Waals surface area contributed by atoms with Crippen molar-refractivity contribution in [3.05, 3.63) is 45.7 Å². The van der Waals surface area contributed by atoms with Gasteiger partial charge < -0.3 is 10.1 Å². The number of nitrogens with one attached hydrogen (secondary N) is 1. The molecule has 0 aliphatic carbocycles. The number of hydrogen-bond acceptors (Lipinski definition) is 3. The van der Waals surface area contributed by atoms with E-state index >= 15 is 0 Å². The van der Waals surface area contributed by atoms with Crippen LogP contribution in [0.5, 0.6) is 5.75 Å². The zero-order valence-electron chi connectivity index (χ0n) is 11.7. The molecule has 1 aromatic heterocycles. The Balaban J connectivity index is 1.77. The van der Waals surface area contributed by atoms with Crippen LogP contribution in [0.25, 0.3) is 0 Å². The molecule has 2 heterocycles. The zero-order valence-corrected chi connectivity index (χ0v) is 13.3. The summed E-state index contributed by atoms with van der Waals surface area (Å²) in [5.41, 5.74) is 3.44. The third-order valence-corrected chi connectivity index (χ3v) is 4.77. The van der Waals surface area contributed by atoms with E-state index in [1.54, 1.807) is 0 Å². The fraction of sp³-hybridized carbons (Fsp3) is 0.400. The Labute approximate surface area is 127 Å². The molecule has 1 atom stereocenters. The van der Waals surface area contributed by atoms with Crippen LogP contribution in [-0.4, -0.2) is 16.4 Å². The van der Waals surface area contributed by atoms with E-state index in [0.29, 0.717) is 6.04 Å². The van der Waals surface area contributed by atoms with Crippen molar-refractivity contribution in [2.24, 2.45) is 7.05 Å². The molecule has 106 valence electrons. The zero-order chi connectivity index (χ0) is 14.1. The van der Waals surface area contributed by atoms with Gasteiger partial charge in [0.1, 0.15) is 5.75 Å². The van der Waals surface area contributed by atoms with Crippen LogP contribution in [0.2, 0.25) is 0 Å². The van der Waals surface area contributed by atoms with Crippen LogP contribution in [0.4, 0.5) is 0 Å². The van der Waals surface area contributed by atoms with Crippen molar-refractivity contribution in [1.29, 1.82) is 0 Å². The van der Waals surface area contributed by atoms with Crippen LogP contribution in [0, 0.1) is 6.92 Å². The predicted molar refractivity (Wildman–Crippen MR) is 81.8 cm³/mol. The van der Waals surface area contributed by atoms with Crippen LogP contribution in [0.15, 0.2) is 28.7 Å². The van der Waals surface area contributed by atoms with Gasteiger partial charge in [0.2, 0.25) is 0 Å². The van der Waals surface area contributed by atoms with Gasteiger partial charge in [-0.3, -0.25) is 4.68 Å². The van der Waals surface area contributed by atoms with E-state index in [9.17, 15) is 0 Å². The molecule has 1 N–H and O–H groups in total. The van der Waals surface area contributed by atoms with E-state index in [-0.39, 0.29) is 0 Å². The van der Waals surface area contributed by atoms with E-state index in [2.05, 4.69) is 38.5 Å². The lowest BCUT2D eigenvalue weighted by Gasteiger charge is -2.26. The van der Waals surface area contributed by atoms with Gasteiger partial charge in [-0.2, -0.15) is 5.10 Å². The molecule has 0 spiro atoms. The van der Waals surface area contributed by atoms with Crippen molar-refractivity contribution in [3.63, 3.8) is 0 Å². The van der Waals surface area contributed by atoms with Gasteiger partial charge in [-0.1, -0.05) is 18.2 Å². The number of aryl methyl sites for hydroxylation is 2. The van der Waals surface area contributed by atoms with Crippen LogP contribution < -0.4 is 10.1 Å². The van der Waals surface area contributed by atoms with Crippen LogP contribution >= 0.6 is 15.9 Å². The lowest BCUT2D eigenvalue weighted by Crippen LogP contribution is -2.27. The number of ether oxygens (including phenoxy) is 1. The molecular weight excluding hydrogens is 318 g/mol. The molecule has 4 nitrogen and oxygen atoms in total. The molecule has 1 aliphatic rings. The Morgan fingerprint density at radius 1 is 1.45 bits per heavy atom. The van der Waals surface area contributed by atoms with Gasteiger partial charge in [0.05, 0.1) is 22.5 Å². The summed E-state index contributed by atoms with van der Waals surface area (Å²) in [5, 5.41) is 8.04. The Hall–Kier alpha value is -1.33. The quantitative estimate of drug-likeness (QED) is 0.936. The number of para-hydroxylation sites is 1. The fourth-order valence-electron chi connectivity index (χ4n) is 2.65. The number of halogens is 1. The Morgan fingerprint density at radius 3 is 3.00 bits per heavy atom. The minimum Gasteiger partial charge on any atom is -0.493 e. The lowest BCUT2D eigenvalue weighted by molar-refractivity contribution is 0.251. The molecule has 2 aromatic rings. The van der Waals surface area contributed by atoms with Crippen molar-refractivity contribution in [2.45, 2.75) is 25.9 Å². The van der Waals surface area contributed by atoms with Crippen LogP contribution in [0.3, 0.4) is 0 Å². The molecule has 0 bridgehead atoms. The maximum absolute atomic E-state index is 5.69. The normalized spacial score (nSPS) is 17.6. The first-order chi connectivity index (χ1) is 9.66. The second-order valence-electron chi connectivity index (χ2n) is 5.08. The van der Waals surface area contributed by atoms with E-state index in [0.717, 1.165) is 35.5 Å². The average Bonchev–Trinajstić information content (AvgIpc) is 2.70. The summed E-state index contributed by atoms with van der Waals surface area (Å²) in [6.07, 6.45) is 0.992. The highest BCUT2D eigenvalue weighted by molar-refractivity contribution is 9.10. The molecule has 20 heavy (non-hydrogen) atoms. The van der Waals surface area contributed by atoms with Crippen LogP contribution in [0.1, 0.15) is 29.4 Å². The Morgan fingerprint density at radius 2 is 2.25 bits per heavy atom. The fourth-order valence-corrected chi connectivity index (χ4v) is 3.12. The first kappa shape index (κ1) is 13.6. The van der Waals surface area contributed by atoms with Gasteiger partial charge in [0.25, 0.3) is 0 Å². The first-order valence-electron chi connectivity index (χ1n) is 6.80. The SMILES string of the molecule is Cc1nn(C)c(CNC2CCOc3ccccc32)c1Br. The van der Waals surface area contributed by atoms with Crippen molar-refractivity contribution in [3.8, 4) is 5.75 Å². The molecule has 1 unspecified atom stereocenters. The molecule has 3 rings (SSSR count). The van der Waals surface area contributed by atoms with Crippen molar-refractivity contribution in [2.75, 3.05) is 6.61 Å². The largest absolute Gasteiger partial charge is 0.493 e. The Kier molecular flexibility index (Phi) is 3.81. The van der Waals surface area contributed by atoms with Gasteiger partial charge in [0, 0.05) is 31.6 Å². The number of nitrogens with zero attached hydrogens (tertiary/aromatic N) is 2. The monoisotopic (exact) mass is 335 g/mol. The lowest BCUT2D eigenvalue weighted by atomic mass is 10.0. The summed E-state index contributed by atoms with van der Waals surface area (Å²) in [7, 11) is 1.98. The smallest absolute Gasteiger partial charge is 0.124 e. The minimum atomic E-state index is 0.335. The number of fused-ring (bicyclic) bond motifs is 1. The summed E-state index contributed by atoms with van der Waals surface area (Å²) in [5.74, 6) is 0.997. The topological polar surface area (TPSA) is 39.1 Å². The van der Waals surface area contributed by atoms with Gasteiger partial charge >= 0.3 is 0 Å². The first-order valence-corrected chi connectivity index (χ1v) is 7.59. The van der Waals surface area contributed by atoms with Crippen LogP contribution in [-0.2, 0) is 13.6 Å². The maximum atomic E-state index is 5.69. The van der Waals surface area contributed by atoms with Gasteiger partial charge in [0.15, 0.2) is 0 Å². The molecule has 1 aliphatic heterocycles. The molecular formula is C15H18BrN3O. The highest BCUT2D eigenvalue weighted by Gasteiger charge is 2.21. The number of rotatable bonds is 3. The molecule has 0 saturated carbocycles. The second-order valence-corrected chi connectivity index (χ2v) is 5.87. The van der Waals surface area contributed by atoms with Crippen molar-refractivity contribution < 1.29 is 4.74 Å². The summed E-state index contributed by atoms with van der Waals surface area (Å²) in [6.45, 7) is 3.56. The second kappa shape index (κ2) is 5.58. The van der Waals surface area contributed by atoms with E-state index in [1.807, 2.05) is 30.8 Å². The van der Waals surface area contributed by atoms with Gasteiger partial charge in [-0.25, -0.2) is 0 Å². The maximum Gasteiger partial charge on any atom is 0.124 e. The average molecular weight is 336 g/mol. The predicted octanol–water partition coefficient (Wildman–Crippen LogP) is 3.10.